The largest absolute Gasteiger partial charge is 0.417 e. The summed E-state index contributed by atoms with van der Waals surface area (Å²) in [5, 5.41) is 3.95. The zero-order chi connectivity index (χ0) is 17.1. The minimum atomic E-state index is -2.96. The summed E-state index contributed by atoms with van der Waals surface area (Å²) >= 11 is 0. The van der Waals surface area contributed by atoms with E-state index in [4.69, 9.17) is 0 Å². The molecule has 3 rings (SSSR count). The Morgan fingerprint density at radius 2 is 2.00 bits per heavy atom. The molecular formula is C14H16F2N6O2. The number of carbonyl (C=O) groups is 1. The van der Waals surface area contributed by atoms with Crippen molar-refractivity contribution in [2.24, 2.45) is 7.05 Å². The van der Waals surface area contributed by atoms with Crippen LogP contribution in [-0.4, -0.2) is 63.3 Å². The summed E-state index contributed by atoms with van der Waals surface area (Å²) in [7, 11) is 1.44. The zero-order valence-electron chi connectivity index (χ0n) is 13.0. The highest BCUT2D eigenvalue weighted by Crippen LogP contribution is 2.18. The van der Waals surface area contributed by atoms with Crippen LogP contribution in [0.25, 0.3) is 0 Å². The van der Waals surface area contributed by atoms with E-state index < -0.39 is 6.61 Å². The van der Waals surface area contributed by atoms with Crippen molar-refractivity contribution in [2.45, 2.75) is 6.61 Å². The van der Waals surface area contributed by atoms with Crippen LogP contribution < -0.4 is 9.64 Å². The molecule has 0 bridgehead atoms. The Labute approximate surface area is 136 Å². The third-order valence-corrected chi connectivity index (χ3v) is 3.71. The second kappa shape index (κ2) is 6.77. The molecule has 1 amide bonds. The van der Waals surface area contributed by atoms with Gasteiger partial charge in [0.2, 0.25) is 5.88 Å². The van der Waals surface area contributed by atoms with Crippen LogP contribution in [-0.2, 0) is 7.05 Å². The van der Waals surface area contributed by atoms with Crippen LogP contribution in [0.2, 0.25) is 0 Å². The molecule has 0 atom stereocenters. The van der Waals surface area contributed by atoms with E-state index in [0.717, 1.165) is 10.5 Å². The van der Waals surface area contributed by atoms with Crippen molar-refractivity contribution < 1.29 is 18.3 Å². The Bertz CT molecular complexity index is 701. The van der Waals surface area contributed by atoms with Gasteiger partial charge in [-0.05, 0) is 0 Å². The Morgan fingerprint density at radius 3 is 2.62 bits per heavy atom. The molecule has 0 aliphatic carbocycles. The molecule has 0 spiro atoms. The number of rotatable bonds is 4. The number of anilines is 1. The summed E-state index contributed by atoms with van der Waals surface area (Å²) in [5.74, 6) is 0.301. The maximum Gasteiger partial charge on any atom is 0.388 e. The standard InChI is InChI=1S/C14H16F2N6O2/c1-20-12(24-14(15)16)8-10(19-20)13(23)22-6-4-21(5-7-22)11-9-17-2-3-18-11/h2-3,8-9,14H,4-7H2,1H3. The fraction of sp³-hybridized carbons (Fsp3) is 0.429. The number of aromatic nitrogens is 4. The van der Waals surface area contributed by atoms with Crippen LogP contribution >= 0.6 is 0 Å². The van der Waals surface area contributed by atoms with Gasteiger partial charge in [0.05, 0.1) is 6.20 Å². The molecule has 1 saturated heterocycles. The quantitative estimate of drug-likeness (QED) is 0.820. The molecule has 0 N–H and O–H groups in total. The van der Waals surface area contributed by atoms with Crippen molar-refractivity contribution in [3.63, 3.8) is 0 Å². The molecule has 24 heavy (non-hydrogen) atoms. The molecule has 1 aliphatic rings. The second-order valence-electron chi connectivity index (χ2n) is 5.21. The van der Waals surface area contributed by atoms with Gasteiger partial charge in [-0.2, -0.15) is 13.9 Å². The molecule has 10 heteroatoms. The molecule has 0 unspecified atom stereocenters. The number of amides is 1. The molecule has 2 aromatic rings. The number of nitrogens with zero attached hydrogens (tertiary/aromatic N) is 6. The number of hydrogen-bond donors (Lipinski definition) is 0. The molecule has 2 aromatic heterocycles. The van der Waals surface area contributed by atoms with Crippen LogP contribution in [0.3, 0.4) is 0 Å². The molecule has 3 heterocycles. The van der Waals surface area contributed by atoms with E-state index in [2.05, 4.69) is 19.8 Å². The van der Waals surface area contributed by atoms with Gasteiger partial charge in [-0.15, -0.1) is 0 Å². The average molecular weight is 338 g/mol. The highest BCUT2D eigenvalue weighted by molar-refractivity contribution is 5.92. The van der Waals surface area contributed by atoms with E-state index in [1.807, 2.05) is 4.90 Å². The van der Waals surface area contributed by atoms with E-state index in [1.54, 1.807) is 23.5 Å². The van der Waals surface area contributed by atoms with Gasteiger partial charge >= 0.3 is 6.61 Å². The number of alkyl halides is 2. The first kappa shape index (κ1) is 16.1. The van der Waals surface area contributed by atoms with Crippen molar-refractivity contribution in [3.8, 4) is 5.88 Å². The number of piperazine rings is 1. The summed E-state index contributed by atoms with van der Waals surface area (Å²) in [4.78, 5) is 24.4. The van der Waals surface area contributed by atoms with Crippen LogP contribution in [0.4, 0.5) is 14.6 Å². The third-order valence-electron chi connectivity index (χ3n) is 3.71. The number of hydrogen-bond acceptors (Lipinski definition) is 6. The topological polar surface area (TPSA) is 76.4 Å². The Hall–Kier alpha value is -2.78. The Balaban J connectivity index is 1.63. The van der Waals surface area contributed by atoms with E-state index in [1.165, 1.54) is 13.1 Å². The Morgan fingerprint density at radius 1 is 1.25 bits per heavy atom. The minimum Gasteiger partial charge on any atom is -0.417 e. The highest BCUT2D eigenvalue weighted by Gasteiger charge is 2.25. The number of carbonyl (C=O) groups excluding carboxylic acids is 1. The van der Waals surface area contributed by atoms with Gasteiger partial charge in [-0.25, -0.2) is 9.67 Å². The normalized spacial score (nSPS) is 15.0. The molecule has 0 saturated carbocycles. The third kappa shape index (κ3) is 3.42. The lowest BCUT2D eigenvalue weighted by Crippen LogP contribution is -2.49. The first-order chi connectivity index (χ1) is 11.5. The lowest BCUT2D eigenvalue weighted by molar-refractivity contribution is -0.0553. The van der Waals surface area contributed by atoms with Crippen LogP contribution in [0.15, 0.2) is 24.7 Å². The molecule has 128 valence electrons. The van der Waals surface area contributed by atoms with Crippen molar-refractivity contribution in [1.29, 1.82) is 0 Å². The second-order valence-corrected chi connectivity index (χ2v) is 5.21. The molecular weight excluding hydrogens is 322 g/mol. The zero-order valence-corrected chi connectivity index (χ0v) is 13.0. The van der Waals surface area contributed by atoms with Crippen LogP contribution in [0, 0.1) is 0 Å². The monoisotopic (exact) mass is 338 g/mol. The van der Waals surface area contributed by atoms with Gasteiger partial charge in [-0.3, -0.25) is 9.78 Å². The van der Waals surface area contributed by atoms with Gasteiger partial charge in [0, 0.05) is 51.7 Å². The highest BCUT2D eigenvalue weighted by atomic mass is 19.3. The maximum absolute atomic E-state index is 12.5. The molecule has 0 aromatic carbocycles. The maximum atomic E-state index is 12.5. The van der Waals surface area contributed by atoms with Crippen molar-refractivity contribution >= 4 is 11.7 Å². The Kier molecular flexibility index (Phi) is 4.54. The fourth-order valence-corrected chi connectivity index (χ4v) is 2.51. The number of halogens is 2. The molecule has 1 aliphatic heterocycles. The first-order valence-corrected chi connectivity index (χ1v) is 7.33. The van der Waals surface area contributed by atoms with Crippen LogP contribution in [0.1, 0.15) is 10.5 Å². The van der Waals surface area contributed by atoms with Gasteiger partial charge in [0.25, 0.3) is 5.91 Å². The van der Waals surface area contributed by atoms with E-state index in [0.29, 0.717) is 26.2 Å². The summed E-state index contributed by atoms with van der Waals surface area (Å²) < 4.78 is 30.0. The average Bonchev–Trinajstić information content (AvgIpc) is 2.95. The summed E-state index contributed by atoms with van der Waals surface area (Å²) in [6.07, 6.45) is 4.89. The summed E-state index contributed by atoms with van der Waals surface area (Å²) in [5.41, 5.74) is 0.0844. The van der Waals surface area contributed by atoms with Gasteiger partial charge in [0.15, 0.2) is 5.69 Å². The van der Waals surface area contributed by atoms with Gasteiger partial charge < -0.3 is 14.5 Å². The number of aryl methyl sites for hydroxylation is 1. The van der Waals surface area contributed by atoms with E-state index in [-0.39, 0.29) is 17.5 Å². The van der Waals surface area contributed by atoms with E-state index >= 15 is 0 Å². The van der Waals surface area contributed by atoms with Gasteiger partial charge in [-0.1, -0.05) is 0 Å². The predicted octanol–water partition coefficient (Wildman–Crippen LogP) is 0.774. The summed E-state index contributed by atoms with van der Waals surface area (Å²) in [6.45, 7) is -0.775. The molecule has 1 fully saturated rings. The van der Waals surface area contributed by atoms with Crippen molar-refractivity contribution in [2.75, 3.05) is 31.1 Å². The lowest BCUT2D eigenvalue weighted by Gasteiger charge is -2.34. The van der Waals surface area contributed by atoms with Crippen molar-refractivity contribution in [3.05, 3.63) is 30.4 Å². The first-order valence-electron chi connectivity index (χ1n) is 7.33. The van der Waals surface area contributed by atoms with Crippen LogP contribution in [0.5, 0.6) is 5.88 Å². The fourth-order valence-electron chi connectivity index (χ4n) is 2.51. The van der Waals surface area contributed by atoms with E-state index in [9.17, 15) is 13.6 Å². The molecule has 8 nitrogen and oxygen atoms in total. The van der Waals surface area contributed by atoms with Gasteiger partial charge in [0.1, 0.15) is 5.82 Å². The lowest BCUT2D eigenvalue weighted by atomic mass is 10.2. The molecule has 0 radical (unpaired) electrons. The SMILES string of the molecule is Cn1nc(C(=O)N2CCN(c3cnccn3)CC2)cc1OC(F)F. The van der Waals surface area contributed by atoms with Crippen molar-refractivity contribution in [1.82, 2.24) is 24.6 Å². The predicted molar refractivity (Wildman–Crippen MR) is 80.0 cm³/mol. The minimum absolute atomic E-state index is 0.0844. The number of ether oxygens (including phenoxy) is 1. The smallest absolute Gasteiger partial charge is 0.388 e. The summed E-state index contributed by atoms with van der Waals surface area (Å²) in [6, 6.07) is 1.23.